The number of amides is 1. The Balaban J connectivity index is 1.70. The van der Waals surface area contributed by atoms with Gasteiger partial charge in [0.1, 0.15) is 23.4 Å². The Morgan fingerprint density at radius 3 is 2.62 bits per heavy atom. The van der Waals surface area contributed by atoms with Crippen molar-refractivity contribution in [3.63, 3.8) is 0 Å². The predicted octanol–water partition coefficient (Wildman–Crippen LogP) is 3.43. The van der Waals surface area contributed by atoms with Crippen molar-refractivity contribution in [2.45, 2.75) is 88.9 Å². The third kappa shape index (κ3) is 4.93. The fourth-order valence-electron chi connectivity index (χ4n) is 4.71. The van der Waals surface area contributed by atoms with E-state index >= 15 is 0 Å². The molecular formula is C21H35NO6S. The fourth-order valence-corrected chi connectivity index (χ4v) is 5.03. The second-order valence-corrected chi connectivity index (χ2v) is 9.86. The number of nitrogens with one attached hydrogen (secondary N) is 1. The molecule has 0 aromatic rings. The van der Waals surface area contributed by atoms with Gasteiger partial charge in [-0.3, -0.25) is 0 Å². The van der Waals surface area contributed by atoms with Crippen molar-refractivity contribution in [2.24, 2.45) is 5.92 Å². The number of allylic oxidation sites excluding steroid dienone is 1. The molecule has 0 radical (unpaired) electrons. The van der Waals surface area contributed by atoms with Gasteiger partial charge in [0, 0.05) is 7.11 Å². The van der Waals surface area contributed by atoms with Crippen LogP contribution in [0.25, 0.3) is 0 Å². The lowest BCUT2D eigenvalue weighted by Crippen LogP contribution is -2.57. The molecule has 0 aromatic heterocycles. The fraction of sp³-hybridized carbons (Fsp3) is 0.857. The molecule has 0 aromatic carbocycles. The number of hydrogen-bond donors (Lipinski definition) is 2. The molecule has 6 atom stereocenters. The summed E-state index contributed by atoms with van der Waals surface area (Å²) in [4.78, 5) is 12.5. The van der Waals surface area contributed by atoms with Crippen molar-refractivity contribution in [1.82, 2.24) is 5.32 Å². The molecule has 1 saturated carbocycles. The molecule has 3 rings (SSSR count). The van der Waals surface area contributed by atoms with Gasteiger partial charge in [-0.15, -0.1) is 0 Å². The van der Waals surface area contributed by atoms with Crippen LogP contribution in [-0.2, 0) is 23.1 Å². The van der Waals surface area contributed by atoms with Gasteiger partial charge in [0.2, 0.25) is 0 Å². The van der Waals surface area contributed by atoms with Crippen molar-refractivity contribution in [1.29, 1.82) is 0 Å². The van der Waals surface area contributed by atoms with Gasteiger partial charge in [-0.05, 0) is 66.8 Å². The Hall–Kier alpha value is -0.800. The van der Waals surface area contributed by atoms with Gasteiger partial charge in [0.05, 0.1) is 30.8 Å². The lowest BCUT2D eigenvalue weighted by Gasteiger charge is -2.42. The molecule has 2 saturated heterocycles. The van der Waals surface area contributed by atoms with Gasteiger partial charge in [0.25, 0.3) is 0 Å². The van der Waals surface area contributed by atoms with Gasteiger partial charge < -0.3 is 28.4 Å². The Bertz CT molecular complexity index is 645. The van der Waals surface area contributed by atoms with Crippen LogP contribution in [0.1, 0.15) is 53.9 Å². The summed E-state index contributed by atoms with van der Waals surface area (Å²) in [6.07, 6.45) is 3.58. The molecule has 166 valence electrons. The molecular weight excluding hydrogens is 394 g/mol. The Morgan fingerprint density at radius 1 is 1.38 bits per heavy atom. The van der Waals surface area contributed by atoms with E-state index < -0.39 is 11.6 Å². The number of thiol groups is 1. The Kier molecular flexibility index (Phi) is 6.61. The average Bonchev–Trinajstić information content (AvgIpc) is 3.52. The summed E-state index contributed by atoms with van der Waals surface area (Å²) in [6.45, 7) is 11.0. The van der Waals surface area contributed by atoms with Gasteiger partial charge in [-0.1, -0.05) is 11.6 Å². The van der Waals surface area contributed by atoms with Gasteiger partial charge in [-0.25, -0.2) is 4.79 Å². The summed E-state index contributed by atoms with van der Waals surface area (Å²) in [5.41, 5.74) is 0.112. The number of methoxy groups -OCH3 is 1. The molecule has 1 aliphatic carbocycles. The molecule has 7 nitrogen and oxygen atoms in total. The number of carbonyl (C=O) groups is 1. The lowest BCUT2D eigenvalue weighted by molar-refractivity contribution is -0.118. The van der Waals surface area contributed by atoms with Crippen molar-refractivity contribution >= 4 is 19.0 Å². The molecule has 8 heteroatoms. The second kappa shape index (κ2) is 8.38. The molecule has 3 aliphatic rings. The van der Waals surface area contributed by atoms with Crippen LogP contribution in [0, 0.1) is 5.92 Å². The van der Waals surface area contributed by atoms with Crippen LogP contribution in [-0.4, -0.2) is 61.5 Å². The quantitative estimate of drug-likeness (QED) is 0.266. The number of epoxide rings is 2. The van der Waals surface area contributed by atoms with Crippen molar-refractivity contribution in [2.75, 3.05) is 20.3 Å². The molecule has 1 amide bonds. The smallest absolute Gasteiger partial charge is 0.407 e. The third-order valence-corrected chi connectivity index (χ3v) is 6.49. The average molecular weight is 430 g/mol. The minimum Gasteiger partial charge on any atom is -0.443 e. The van der Waals surface area contributed by atoms with E-state index in [4.69, 9.17) is 23.1 Å². The minimum absolute atomic E-state index is 0.0101. The van der Waals surface area contributed by atoms with Gasteiger partial charge in [-0.2, -0.15) is 0 Å². The van der Waals surface area contributed by atoms with Crippen LogP contribution in [0.2, 0.25) is 0 Å². The van der Waals surface area contributed by atoms with Crippen LogP contribution in [0.15, 0.2) is 11.6 Å². The number of hydrogen-bond acceptors (Lipinski definition) is 7. The van der Waals surface area contributed by atoms with Crippen LogP contribution < -0.4 is 5.32 Å². The maximum absolute atomic E-state index is 12.5. The summed E-state index contributed by atoms with van der Waals surface area (Å²) in [5, 5.41) is 2.84. The highest BCUT2D eigenvalue weighted by Gasteiger charge is 2.72. The summed E-state index contributed by atoms with van der Waals surface area (Å²) in [7, 11) is 1.67. The molecule has 2 aliphatic heterocycles. The lowest BCUT2D eigenvalue weighted by atomic mass is 9.68. The second-order valence-electron chi connectivity index (χ2n) is 9.60. The highest BCUT2D eigenvalue weighted by Crippen LogP contribution is 2.59. The van der Waals surface area contributed by atoms with E-state index in [0.717, 1.165) is 12.8 Å². The van der Waals surface area contributed by atoms with Crippen molar-refractivity contribution in [3.8, 4) is 0 Å². The molecule has 1 spiro atoms. The molecule has 0 bridgehead atoms. The molecule has 3 fully saturated rings. The first-order valence-corrected chi connectivity index (χ1v) is 10.7. The molecule has 29 heavy (non-hydrogen) atoms. The monoisotopic (exact) mass is 429 g/mol. The third-order valence-electron chi connectivity index (χ3n) is 6.36. The molecule has 1 N–H and O–H groups in total. The summed E-state index contributed by atoms with van der Waals surface area (Å²) in [5.74, 6) is 0.0101. The number of ether oxygens (including phenoxy) is 4. The summed E-state index contributed by atoms with van der Waals surface area (Å²) in [6, 6.07) is 0. The zero-order valence-electron chi connectivity index (χ0n) is 18.3. The molecule has 3 unspecified atom stereocenters. The summed E-state index contributed by atoms with van der Waals surface area (Å²) >= 11 is 3.77. The predicted molar refractivity (Wildman–Crippen MR) is 112 cm³/mol. The first kappa shape index (κ1) is 22.9. The zero-order valence-corrected chi connectivity index (χ0v) is 19.2. The Morgan fingerprint density at radius 2 is 2.07 bits per heavy atom. The maximum Gasteiger partial charge on any atom is 0.407 e. The summed E-state index contributed by atoms with van der Waals surface area (Å²) < 4.78 is 28.7. The number of rotatable bonds is 8. The van der Waals surface area contributed by atoms with E-state index in [1.54, 1.807) is 7.11 Å². The maximum atomic E-state index is 12.5. The van der Waals surface area contributed by atoms with E-state index in [1.165, 1.54) is 5.57 Å². The first-order valence-electron chi connectivity index (χ1n) is 10.3. The van der Waals surface area contributed by atoms with Crippen LogP contribution >= 0.6 is 12.9 Å². The number of carbonyl (C=O) groups excluding carboxylic acids is 1. The van der Waals surface area contributed by atoms with Gasteiger partial charge >= 0.3 is 6.09 Å². The van der Waals surface area contributed by atoms with E-state index in [0.29, 0.717) is 13.0 Å². The van der Waals surface area contributed by atoms with Crippen LogP contribution in [0.4, 0.5) is 4.79 Å². The first-order chi connectivity index (χ1) is 13.6. The minimum atomic E-state index is -0.586. The largest absolute Gasteiger partial charge is 0.443 e. The molecule has 2 heterocycles. The zero-order chi connectivity index (χ0) is 21.4. The topological polar surface area (TPSA) is 81.9 Å². The van der Waals surface area contributed by atoms with Crippen molar-refractivity contribution in [3.05, 3.63) is 11.6 Å². The highest BCUT2D eigenvalue weighted by molar-refractivity contribution is 7.75. The SMILES string of the molecule is COC1C(OC(=O)NC(C)(C)COS)CC[C@]2(CO2)C1[C@@]1(C)O[C@@H]1CC=C(C)C. The highest BCUT2D eigenvalue weighted by atomic mass is 32.1. The standard InChI is InChI=1S/C21H35NO6S/c1-13(2)7-8-15-20(5,28-15)17-16(24-6)14(9-10-21(17)12-25-21)27-18(23)22-19(3,4)11-26-29/h7,14-17,29H,8-12H2,1-6H3,(H,22,23)/t14?,15-,16?,17?,20+,21+/m1/s1. The van der Waals surface area contributed by atoms with E-state index in [-0.39, 0.29) is 42.0 Å². The van der Waals surface area contributed by atoms with Crippen molar-refractivity contribution < 1.29 is 27.9 Å². The normalized spacial score (nSPS) is 38.4. The van der Waals surface area contributed by atoms with Crippen LogP contribution in [0.3, 0.4) is 0 Å². The van der Waals surface area contributed by atoms with E-state index in [9.17, 15) is 4.79 Å². The van der Waals surface area contributed by atoms with E-state index in [1.807, 2.05) is 13.8 Å². The Labute approximate surface area is 179 Å². The van der Waals surface area contributed by atoms with Gasteiger partial charge in [0.15, 0.2) is 0 Å². The number of alkyl carbamates (subject to hydrolysis) is 1. The van der Waals surface area contributed by atoms with Crippen LogP contribution in [0.5, 0.6) is 0 Å². The van der Waals surface area contributed by atoms with E-state index in [2.05, 4.69) is 45.1 Å².